The zero-order chi connectivity index (χ0) is 25.2. The van der Waals surface area contributed by atoms with Gasteiger partial charge in [0.15, 0.2) is 15.1 Å². The Bertz CT molecular complexity index is 1540. The first-order valence-corrected chi connectivity index (χ1v) is 14.2. The summed E-state index contributed by atoms with van der Waals surface area (Å²) in [5, 5.41) is 29.9. The molecule has 0 radical (unpaired) electrons. The van der Waals surface area contributed by atoms with E-state index in [2.05, 4.69) is 15.2 Å². The zero-order valence-corrected chi connectivity index (χ0v) is 20.4. The quantitative estimate of drug-likeness (QED) is 0.220. The summed E-state index contributed by atoms with van der Waals surface area (Å²) in [7, 11) is -8.25. The van der Waals surface area contributed by atoms with Crippen LogP contribution in [0.2, 0.25) is 0 Å². The summed E-state index contributed by atoms with van der Waals surface area (Å²) in [4.78, 5) is 4.45. The minimum atomic E-state index is -4.20. The molecule has 0 aliphatic rings. The number of sulfone groups is 1. The molecular formula is C20H21N5O7S3. The number of nitrogens with one attached hydrogen (secondary N) is 1. The van der Waals surface area contributed by atoms with Crippen molar-refractivity contribution >= 4 is 41.6 Å². The third-order valence-electron chi connectivity index (χ3n) is 4.86. The number of nitrogens with two attached hydrogens (primary N) is 1. The fraction of sp³-hybridized carbons (Fsp3) is 0.250. The van der Waals surface area contributed by atoms with Crippen LogP contribution in [0.25, 0.3) is 21.3 Å². The van der Waals surface area contributed by atoms with E-state index in [-0.39, 0.29) is 16.8 Å². The highest BCUT2D eigenvalue weighted by molar-refractivity contribution is 7.92. The maximum Gasteiger partial charge on any atom is 0.274 e. The molecule has 0 fully saturated rings. The van der Waals surface area contributed by atoms with E-state index in [1.165, 1.54) is 0 Å². The molecule has 4 rings (SSSR count). The van der Waals surface area contributed by atoms with Crippen molar-refractivity contribution in [2.75, 3.05) is 12.4 Å². The van der Waals surface area contributed by atoms with Gasteiger partial charge in [0.2, 0.25) is 11.8 Å². The van der Waals surface area contributed by atoms with Crippen LogP contribution in [0.1, 0.15) is 22.0 Å². The lowest BCUT2D eigenvalue weighted by Crippen LogP contribution is -2.30. The summed E-state index contributed by atoms with van der Waals surface area (Å²) in [5.41, 5.74) is 2.43. The standard InChI is InChI=1S/C20H21N5O7S3/c21-35(30,31)22-9-17-24-25-19(32-17)18(34(28,29)11-14(27)10-26)20-23-15-7-6-13(8-16(15)33-20)12-4-2-1-3-5-12/h1-8,14,18,22,26-27H,9-11H2,(H2,21,30,31). The molecule has 2 aromatic heterocycles. The van der Waals surface area contributed by atoms with Crippen LogP contribution < -0.4 is 9.86 Å². The van der Waals surface area contributed by atoms with E-state index >= 15 is 0 Å². The fourth-order valence-corrected chi connectivity index (χ4v) is 6.79. The van der Waals surface area contributed by atoms with E-state index < -0.39 is 50.3 Å². The number of benzene rings is 2. The third kappa shape index (κ3) is 6.07. The van der Waals surface area contributed by atoms with Crippen LogP contribution in [0, 0.1) is 0 Å². The molecule has 0 saturated carbocycles. The number of hydrogen-bond acceptors (Lipinski definition) is 11. The Balaban J connectivity index is 1.76. The Morgan fingerprint density at radius 1 is 1.06 bits per heavy atom. The highest BCUT2D eigenvalue weighted by Crippen LogP contribution is 2.37. The SMILES string of the molecule is NS(=O)(=O)NCc1nnc(C(c2nc3ccc(-c4ccccc4)cc3s2)S(=O)(=O)CC(O)CO)o1. The van der Waals surface area contributed by atoms with Crippen LogP contribution in [0.4, 0.5) is 0 Å². The smallest absolute Gasteiger partial charge is 0.274 e. The van der Waals surface area contributed by atoms with Gasteiger partial charge in [0, 0.05) is 0 Å². The molecule has 2 heterocycles. The second-order valence-electron chi connectivity index (χ2n) is 7.55. The van der Waals surface area contributed by atoms with E-state index in [9.17, 15) is 21.9 Å². The number of rotatable bonds is 10. The van der Waals surface area contributed by atoms with Gasteiger partial charge in [0.25, 0.3) is 10.2 Å². The molecule has 0 saturated heterocycles. The van der Waals surface area contributed by atoms with Crippen molar-refractivity contribution in [2.24, 2.45) is 5.14 Å². The molecular weight excluding hydrogens is 518 g/mol. The van der Waals surface area contributed by atoms with Gasteiger partial charge in [0.1, 0.15) is 5.01 Å². The van der Waals surface area contributed by atoms with Crippen LogP contribution >= 0.6 is 11.3 Å². The minimum absolute atomic E-state index is 0.116. The first kappa shape index (κ1) is 25.3. The second-order valence-corrected chi connectivity index (χ2v) is 12.1. The van der Waals surface area contributed by atoms with Crippen molar-refractivity contribution in [1.29, 1.82) is 0 Å². The van der Waals surface area contributed by atoms with Crippen molar-refractivity contribution in [3.8, 4) is 11.1 Å². The number of aliphatic hydroxyl groups excluding tert-OH is 2. The third-order valence-corrected chi connectivity index (χ3v) is 8.63. The van der Waals surface area contributed by atoms with E-state index in [0.29, 0.717) is 10.2 Å². The number of fused-ring (bicyclic) bond motifs is 1. The molecule has 0 aliphatic carbocycles. The van der Waals surface area contributed by atoms with E-state index in [4.69, 9.17) is 14.7 Å². The highest BCUT2D eigenvalue weighted by Gasteiger charge is 2.38. The molecule has 4 aromatic rings. The van der Waals surface area contributed by atoms with Gasteiger partial charge in [-0.25, -0.2) is 18.5 Å². The number of aliphatic hydroxyl groups is 2. The number of hydrogen-bond donors (Lipinski definition) is 4. The van der Waals surface area contributed by atoms with Gasteiger partial charge in [-0.1, -0.05) is 36.4 Å². The molecule has 0 aliphatic heterocycles. The molecule has 5 N–H and O–H groups in total. The van der Waals surface area contributed by atoms with E-state index in [1.807, 2.05) is 47.2 Å². The number of thiazole rings is 1. The molecule has 0 amide bonds. The molecule has 12 nitrogen and oxygen atoms in total. The Morgan fingerprint density at radius 2 is 1.80 bits per heavy atom. The summed E-state index contributed by atoms with van der Waals surface area (Å²) in [6, 6.07) is 15.1. The Hall–Kier alpha value is -2.79. The van der Waals surface area contributed by atoms with Crippen molar-refractivity contribution in [2.45, 2.75) is 17.9 Å². The van der Waals surface area contributed by atoms with Crippen molar-refractivity contribution in [3.63, 3.8) is 0 Å². The van der Waals surface area contributed by atoms with Crippen molar-refractivity contribution < 1.29 is 31.5 Å². The van der Waals surface area contributed by atoms with Crippen molar-refractivity contribution in [3.05, 3.63) is 65.3 Å². The van der Waals surface area contributed by atoms with Gasteiger partial charge >= 0.3 is 0 Å². The summed E-state index contributed by atoms with van der Waals surface area (Å²) in [5.74, 6) is -1.36. The molecule has 35 heavy (non-hydrogen) atoms. The Morgan fingerprint density at radius 3 is 2.49 bits per heavy atom. The van der Waals surface area contributed by atoms with E-state index in [0.717, 1.165) is 22.5 Å². The normalized spacial score (nSPS) is 14.3. The van der Waals surface area contributed by atoms with Crippen LogP contribution in [0.3, 0.4) is 0 Å². The molecule has 15 heteroatoms. The lowest BCUT2D eigenvalue weighted by atomic mass is 10.1. The molecule has 2 unspecified atom stereocenters. The van der Waals surface area contributed by atoms with Gasteiger partial charge in [-0.05, 0) is 23.3 Å². The maximum atomic E-state index is 13.2. The van der Waals surface area contributed by atoms with Gasteiger partial charge < -0.3 is 14.6 Å². The molecule has 2 atom stereocenters. The highest BCUT2D eigenvalue weighted by atomic mass is 32.2. The average Bonchev–Trinajstić information content (AvgIpc) is 3.43. The van der Waals surface area contributed by atoms with Crippen molar-refractivity contribution in [1.82, 2.24) is 19.9 Å². The predicted octanol–water partition coefficient (Wildman–Crippen LogP) is 0.497. The summed E-state index contributed by atoms with van der Waals surface area (Å²) < 4.78 is 56.8. The van der Waals surface area contributed by atoms with Crippen LogP contribution in [0.15, 0.2) is 52.9 Å². The molecule has 186 valence electrons. The summed E-state index contributed by atoms with van der Waals surface area (Å²) in [6.45, 7) is -1.21. The zero-order valence-electron chi connectivity index (χ0n) is 18.0. The van der Waals surface area contributed by atoms with Crippen LogP contribution in [-0.2, 0) is 26.6 Å². The Labute approximate surface area is 204 Å². The van der Waals surface area contributed by atoms with Crippen LogP contribution in [0.5, 0.6) is 0 Å². The average molecular weight is 540 g/mol. The second kappa shape index (κ2) is 10.1. The van der Waals surface area contributed by atoms with Gasteiger partial charge in [0.05, 0.1) is 35.2 Å². The number of nitrogens with zero attached hydrogens (tertiary/aromatic N) is 3. The van der Waals surface area contributed by atoms with Gasteiger partial charge in [-0.2, -0.15) is 13.1 Å². The molecule has 0 bridgehead atoms. The predicted molar refractivity (Wildman–Crippen MR) is 128 cm³/mol. The lowest BCUT2D eigenvalue weighted by Gasteiger charge is -2.14. The molecule has 2 aromatic carbocycles. The topological polar surface area (TPSA) is 199 Å². The largest absolute Gasteiger partial charge is 0.422 e. The van der Waals surface area contributed by atoms with Gasteiger partial charge in [-0.3, -0.25) is 0 Å². The van der Waals surface area contributed by atoms with E-state index in [1.54, 1.807) is 6.07 Å². The monoisotopic (exact) mass is 539 g/mol. The van der Waals surface area contributed by atoms with Gasteiger partial charge in [-0.15, -0.1) is 21.5 Å². The first-order chi connectivity index (χ1) is 16.6. The lowest BCUT2D eigenvalue weighted by molar-refractivity contribution is 0.112. The summed E-state index contributed by atoms with van der Waals surface area (Å²) >= 11 is 1.10. The summed E-state index contributed by atoms with van der Waals surface area (Å²) in [6.07, 6.45) is -1.53. The maximum absolute atomic E-state index is 13.2. The fourth-order valence-electron chi connectivity index (χ4n) is 3.30. The van der Waals surface area contributed by atoms with Crippen LogP contribution in [-0.4, -0.2) is 60.7 Å². The minimum Gasteiger partial charge on any atom is -0.422 e. The number of aromatic nitrogens is 3. The Kier molecular flexibility index (Phi) is 7.27. The molecule has 0 spiro atoms. The first-order valence-electron chi connectivity index (χ1n) is 10.1.